The molecule has 3 rings (SSSR count). The molecule has 1 aliphatic heterocycles. The number of nitrogen functional groups attached to an aromatic ring is 1. The maximum atomic E-state index is 12.5. The standard InChI is InChI=1S/C14H17N3O2/c1-9-12-5-4-11(15)7-13(12)17(16-9)14(18)10-3-2-6-19-8-10/h4-5,7,10H,2-3,6,8,15H2,1H3/t10-/m0/s1. The van der Waals surface area contributed by atoms with Crippen LogP contribution in [-0.2, 0) is 4.74 Å². The van der Waals surface area contributed by atoms with E-state index >= 15 is 0 Å². The largest absolute Gasteiger partial charge is 0.399 e. The topological polar surface area (TPSA) is 70.1 Å². The van der Waals surface area contributed by atoms with Crippen molar-refractivity contribution in [3.63, 3.8) is 0 Å². The first kappa shape index (κ1) is 12.2. The average Bonchev–Trinajstić information content (AvgIpc) is 2.75. The molecule has 100 valence electrons. The van der Waals surface area contributed by atoms with E-state index in [-0.39, 0.29) is 11.8 Å². The Kier molecular flexibility index (Phi) is 2.98. The van der Waals surface area contributed by atoms with E-state index in [9.17, 15) is 4.79 Å². The summed E-state index contributed by atoms with van der Waals surface area (Å²) in [6.07, 6.45) is 1.79. The molecule has 1 aromatic heterocycles. The number of aromatic nitrogens is 2. The number of carbonyl (C=O) groups is 1. The summed E-state index contributed by atoms with van der Waals surface area (Å²) in [6.45, 7) is 3.14. The number of rotatable bonds is 1. The maximum absolute atomic E-state index is 12.5. The minimum absolute atomic E-state index is 0.00315. The highest BCUT2D eigenvalue weighted by molar-refractivity contribution is 5.94. The molecule has 1 atom stereocenters. The fourth-order valence-corrected chi connectivity index (χ4v) is 2.56. The number of aryl methyl sites for hydroxylation is 1. The maximum Gasteiger partial charge on any atom is 0.252 e. The second-order valence-corrected chi connectivity index (χ2v) is 5.03. The molecule has 5 heteroatoms. The Morgan fingerprint density at radius 1 is 1.53 bits per heavy atom. The van der Waals surface area contributed by atoms with E-state index in [0.717, 1.165) is 36.0 Å². The van der Waals surface area contributed by atoms with Crippen LogP contribution in [0.4, 0.5) is 5.69 Å². The van der Waals surface area contributed by atoms with Crippen LogP contribution >= 0.6 is 0 Å². The van der Waals surface area contributed by atoms with Crippen molar-refractivity contribution in [1.82, 2.24) is 9.78 Å². The van der Waals surface area contributed by atoms with Gasteiger partial charge in [0.15, 0.2) is 0 Å². The predicted octanol–water partition coefficient (Wildman–Crippen LogP) is 1.99. The van der Waals surface area contributed by atoms with Crippen molar-refractivity contribution in [3.8, 4) is 0 Å². The van der Waals surface area contributed by atoms with Crippen LogP contribution in [0.3, 0.4) is 0 Å². The van der Waals surface area contributed by atoms with Gasteiger partial charge in [-0.15, -0.1) is 0 Å². The first-order chi connectivity index (χ1) is 9.16. The quantitative estimate of drug-likeness (QED) is 0.795. The van der Waals surface area contributed by atoms with E-state index in [0.29, 0.717) is 12.3 Å². The van der Waals surface area contributed by atoms with Crippen LogP contribution in [0.15, 0.2) is 18.2 Å². The third-order valence-electron chi connectivity index (χ3n) is 3.61. The molecule has 2 heterocycles. The van der Waals surface area contributed by atoms with Crippen LogP contribution in [-0.4, -0.2) is 28.9 Å². The second-order valence-electron chi connectivity index (χ2n) is 5.03. The molecule has 2 N–H and O–H groups in total. The number of hydrogen-bond acceptors (Lipinski definition) is 4. The van der Waals surface area contributed by atoms with E-state index in [2.05, 4.69) is 5.10 Å². The van der Waals surface area contributed by atoms with Gasteiger partial charge in [0.25, 0.3) is 5.91 Å². The van der Waals surface area contributed by atoms with E-state index in [4.69, 9.17) is 10.5 Å². The number of benzene rings is 1. The lowest BCUT2D eigenvalue weighted by molar-refractivity contribution is 0.0395. The Hall–Kier alpha value is -1.88. The summed E-state index contributed by atoms with van der Waals surface area (Å²) in [5, 5.41) is 5.33. The molecular weight excluding hydrogens is 242 g/mol. The summed E-state index contributed by atoms with van der Waals surface area (Å²) >= 11 is 0. The van der Waals surface area contributed by atoms with Gasteiger partial charge in [-0.2, -0.15) is 9.78 Å². The molecule has 0 bridgehead atoms. The fraction of sp³-hybridized carbons (Fsp3) is 0.429. The Bertz CT molecular complexity index is 627. The minimum Gasteiger partial charge on any atom is -0.399 e. The molecule has 5 nitrogen and oxygen atoms in total. The molecular formula is C14H17N3O2. The monoisotopic (exact) mass is 259 g/mol. The Balaban J connectivity index is 2.04. The smallest absolute Gasteiger partial charge is 0.252 e. The Labute approximate surface area is 111 Å². The van der Waals surface area contributed by atoms with Crippen LogP contribution in [0.1, 0.15) is 23.3 Å². The Morgan fingerprint density at radius 3 is 3.11 bits per heavy atom. The molecule has 0 saturated carbocycles. The van der Waals surface area contributed by atoms with Crippen molar-refractivity contribution in [2.24, 2.45) is 5.92 Å². The summed E-state index contributed by atoms with van der Waals surface area (Å²) in [5.74, 6) is -0.0962. The van der Waals surface area contributed by atoms with Gasteiger partial charge in [-0.1, -0.05) is 0 Å². The molecule has 1 saturated heterocycles. The highest BCUT2D eigenvalue weighted by Crippen LogP contribution is 2.23. The molecule has 1 fully saturated rings. The van der Waals surface area contributed by atoms with Crippen molar-refractivity contribution in [3.05, 3.63) is 23.9 Å². The molecule has 1 aromatic carbocycles. The van der Waals surface area contributed by atoms with E-state index < -0.39 is 0 Å². The third-order valence-corrected chi connectivity index (χ3v) is 3.61. The van der Waals surface area contributed by atoms with Crippen molar-refractivity contribution in [2.45, 2.75) is 19.8 Å². The molecule has 0 radical (unpaired) electrons. The average molecular weight is 259 g/mol. The molecule has 1 aliphatic rings. The zero-order valence-electron chi connectivity index (χ0n) is 10.9. The zero-order chi connectivity index (χ0) is 13.4. The van der Waals surface area contributed by atoms with Gasteiger partial charge < -0.3 is 10.5 Å². The number of hydrogen-bond donors (Lipinski definition) is 1. The van der Waals surface area contributed by atoms with Gasteiger partial charge in [0.1, 0.15) is 0 Å². The minimum atomic E-state index is -0.0994. The molecule has 0 spiro atoms. The first-order valence-corrected chi connectivity index (χ1v) is 6.53. The number of ether oxygens (including phenoxy) is 1. The van der Waals surface area contributed by atoms with Gasteiger partial charge in [-0.05, 0) is 38.0 Å². The van der Waals surface area contributed by atoms with Gasteiger partial charge in [-0.25, -0.2) is 0 Å². The van der Waals surface area contributed by atoms with Crippen LogP contribution in [0, 0.1) is 12.8 Å². The zero-order valence-corrected chi connectivity index (χ0v) is 10.9. The predicted molar refractivity (Wildman–Crippen MR) is 73.1 cm³/mol. The van der Waals surface area contributed by atoms with Crippen molar-refractivity contribution >= 4 is 22.5 Å². The summed E-state index contributed by atoms with van der Waals surface area (Å²) in [7, 11) is 0. The van der Waals surface area contributed by atoms with Crippen LogP contribution in [0.25, 0.3) is 10.9 Å². The van der Waals surface area contributed by atoms with Gasteiger partial charge >= 0.3 is 0 Å². The van der Waals surface area contributed by atoms with Gasteiger partial charge in [0.05, 0.1) is 23.7 Å². The van der Waals surface area contributed by atoms with Gasteiger partial charge in [-0.3, -0.25) is 4.79 Å². The van der Waals surface area contributed by atoms with Crippen molar-refractivity contribution in [2.75, 3.05) is 18.9 Å². The SMILES string of the molecule is Cc1nn(C(=O)[C@H]2CCCOC2)c2cc(N)ccc12. The molecule has 0 unspecified atom stereocenters. The highest BCUT2D eigenvalue weighted by Gasteiger charge is 2.25. The van der Waals surface area contributed by atoms with Gasteiger partial charge in [0.2, 0.25) is 0 Å². The number of fused-ring (bicyclic) bond motifs is 1. The van der Waals surface area contributed by atoms with Gasteiger partial charge in [0, 0.05) is 17.7 Å². The summed E-state index contributed by atoms with van der Waals surface area (Å²) in [4.78, 5) is 12.5. The summed E-state index contributed by atoms with van der Waals surface area (Å²) in [6, 6.07) is 5.54. The molecule has 0 aliphatic carbocycles. The summed E-state index contributed by atoms with van der Waals surface area (Å²) < 4.78 is 6.87. The second kappa shape index (κ2) is 4.66. The lowest BCUT2D eigenvalue weighted by atomic mass is 10.0. The Morgan fingerprint density at radius 2 is 2.37 bits per heavy atom. The van der Waals surface area contributed by atoms with E-state index in [1.54, 1.807) is 6.07 Å². The lowest BCUT2D eigenvalue weighted by Crippen LogP contribution is -2.30. The normalized spacial score (nSPS) is 19.7. The van der Waals surface area contributed by atoms with E-state index in [1.165, 1.54) is 4.68 Å². The molecule has 2 aromatic rings. The molecule has 19 heavy (non-hydrogen) atoms. The number of nitrogens with zero attached hydrogens (tertiary/aromatic N) is 2. The van der Waals surface area contributed by atoms with Crippen molar-refractivity contribution in [1.29, 1.82) is 0 Å². The first-order valence-electron chi connectivity index (χ1n) is 6.53. The lowest BCUT2D eigenvalue weighted by Gasteiger charge is -2.20. The van der Waals surface area contributed by atoms with Crippen LogP contribution < -0.4 is 5.73 Å². The summed E-state index contributed by atoms with van der Waals surface area (Å²) in [5.41, 5.74) is 8.08. The van der Waals surface area contributed by atoms with Crippen LogP contribution in [0.5, 0.6) is 0 Å². The number of carbonyl (C=O) groups excluding carboxylic acids is 1. The van der Waals surface area contributed by atoms with Crippen molar-refractivity contribution < 1.29 is 9.53 Å². The number of nitrogens with two attached hydrogens (primary N) is 1. The fourth-order valence-electron chi connectivity index (χ4n) is 2.56. The number of anilines is 1. The van der Waals surface area contributed by atoms with E-state index in [1.807, 2.05) is 19.1 Å². The molecule has 0 amide bonds. The third kappa shape index (κ3) is 2.10. The van der Waals surface area contributed by atoms with Crippen LogP contribution in [0.2, 0.25) is 0 Å². The highest BCUT2D eigenvalue weighted by atomic mass is 16.5.